The van der Waals surface area contributed by atoms with Crippen molar-refractivity contribution in [3.63, 3.8) is 0 Å². The van der Waals surface area contributed by atoms with Crippen LogP contribution in [0.4, 0.5) is 0 Å². The largest absolute Gasteiger partial charge is 0.497 e. The van der Waals surface area contributed by atoms with Crippen LogP contribution in [-0.2, 0) is 16.6 Å². The average molecular weight is 333 g/mol. The molecule has 3 rings (SSSR count). The van der Waals surface area contributed by atoms with E-state index < -0.39 is 10.8 Å². The fourth-order valence-electron chi connectivity index (χ4n) is 2.11. The number of ether oxygens (including phenoxy) is 2. The van der Waals surface area contributed by atoms with Gasteiger partial charge in [-0.05, 0) is 29.8 Å². The first-order chi connectivity index (χ1) is 10.7. The van der Waals surface area contributed by atoms with Crippen LogP contribution in [-0.4, -0.2) is 23.4 Å². The Morgan fingerprint density at radius 3 is 2.41 bits per heavy atom. The number of benzene rings is 2. The Kier molecular flexibility index (Phi) is 4.40. The van der Waals surface area contributed by atoms with Crippen molar-refractivity contribution in [1.82, 2.24) is 4.98 Å². The van der Waals surface area contributed by atoms with Gasteiger partial charge >= 0.3 is 0 Å². The smallest absolute Gasteiger partial charge is 0.182 e. The van der Waals surface area contributed by atoms with Crippen molar-refractivity contribution >= 4 is 32.4 Å². The highest BCUT2D eigenvalue weighted by atomic mass is 32.2. The summed E-state index contributed by atoms with van der Waals surface area (Å²) in [6.07, 6.45) is 0. The van der Waals surface area contributed by atoms with Gasteiger partial charge in [0, 0.05) is 6.07 Å². The minimum Gasteiger partial charge on any atom is -0.497 e. The third kappa shape index (κ3) is 3.13. The minimum absolute atomic E-state index is 0.382. The maximum absolute atomic E-state index is 12.6. The minimum atomic E-state index is -1.19. The van der Waals surface area contributed by atoms with Crippen LogP contribution in [0.3, 0.4) is 0 Å². The molecule has 0 amide bonds. The number of thiazole rings is 1. The quantitative estimate of drug-likeness (QED) is 0.715. The second kappa shape index (κ2) is 6.46. The summed E-state index contributed by atoms with van der Waals surface area (Å²) < 4.78 is 24.7. The van der Waals surface area contributed by atoms with Crippen molar-refractivity contribution < 1.29 is 13.7 Å². The summed E-state index contributed by atoms with van der Waals surface area (Å²) in [5, 5.41) is 0. The fourth-order valence-corrected chi connectivity index (χ4v) is 4.42. The van der Waals surface area contributed by atoms with Crippen molar-refractivity contribution in [2.24, 2.45) is 0 Å². The molecule has 0 spiro atoms. The molecular formula is C16H15NO3S2. The zero-order valence-corrected chi connectivity index (χ0v) is 13.9. The summed E-state index contributed by atoms with van der Waals surface area (Å²) in [5.74, 6) is 1.76. The number of methoxy groups -OCH3 is 2. The molecule has 1 heterocycles. The average Bonchev–Trinajstić information content (AvgIpc) is 2.98. The molecule has 1 aromatic heterocycles. The zero-order chi connectivity index (χ0) is 15.5. The molecule has 22 heavy (non-hydrogen) atoms. The number of aromatic nitrogens is 1. The molecule has 0 bridgehead atoms. The van der Waals surface area contributed by atoms with Gasteiger partial charge in [0.1, 0.15) is 11.5 Å². The lowest BCUT2D eigenvalue weighted by Crippen LogP contribution is -1.97. The monoisotopic (exact) mass is 333 g/mol. The number of rotatable bonds is 5. The van der Waals surface area contributed by atoms with Crippen LogP contribution < -0.4 is 9.47 Å². The predicted octanol–water partition coefficient (Wildman–Crippen LogP) is 3.62. The van der Waals surface area contributed by atoms with Crippen molar-refractivity contribution in [2.45, 2.75) is 10.1 Å². The lowest BCUT2D eigenvalue weighted by Gasteiger charge is -2.07. The van der Waals surface area contributed by atoms with E-state index in [0.29, 0.717) is 21.6 Å². The summed E-state index contributed by atoms with van der Waals surface area (Å²) >= 11 is 1.47. The molecule has 6 heteroatoms. The second-order valence-corrected chi connectivity index (χ2v) is 7.31. The van der Waals surface area contributed by atoms with Crippen LogP contribution in [0, 0.1) is 0 Å². The van der Waals surface area contributed by atoms with E-state index in [1.807, 2.05) is 36.4 Å². The molecule has 1 unspecified atom stereocenters. The molecule has 0 aliphatic rings. The van der Waals surface area contributed by atoms with Gasteiger partial charge in [-0.3, -0.25) is 4.21 Å². The molecule has 114 valence electrons. The molecule has 0 aliphatic heterocycles. The Bertz CT molecular complexity index is 774. The summed E-state index contributed by atoms with van der Waals surface area (Å²) in [7, 11) is 2.01. The van der Waals surface area contributed by atoms with Gasteiger partial charge in [-0.2, -0.15) is 0 Å². The lowest BCUT2D eigenvalue weighted by atomic mass is 10.2. The van der Waals surface area contributed by atoms with E-state index >= 15 is 0 Å². The Hall–Kier alpha value is -1.92. The standard InChI is InChI=1S/C16H15NO3S2/c1-19-12-7-11(8-13(9-12)20-2)10-22(18)16-17-14-5-3-4-6-15(14)21-16/h3-9H,10H2,1-2H3. The van der Waals surface area contributed by atoms with Gasteiger partial charge in [-0.1, -0.05) is 12.1 Å². The molecule has 3 aromatic rings. The van der Waals surface area contributed by atoms with Crippen LogP contribution in [0.15, 0.2) is 46.8 Å². The van der Waals surface area contributed by atoms with Crippen LogP contribution in [0.1, 0.15) is 5.56 Å². The van der Waals surface area contributed by atoms with Crippen LogP contribution in [0.2, 0.25) is 0 Å². The SMILES string of the molecule is COc1cc(CS(=O)c2nc3ccccc3s2)cc(OC)c1. The van der Waals surface area contributed by atoms with Gasteiger partial charge < -0.3 is 9.47 Å². The highest BCUT2D eigenvalue weighted by Gasteiger charge is 2.12. The number of para-hydroxylation sites is 1. The maximum atomic E-state index is 12.6. The van der Waals surface area contributed by atoms with E-state index in [0.717, 1.165) is 15.8 Å². The molecule has 4 nitrogen and oxygen atoms in total. The Morgan fingerprint density at radius 2 is 1.77 bits per heavy atom. The summed E-state index contributed by atoms with van der Waals surface area (Å²) in [4.78, 5) is 4.45. The first kappa shape index (κ1) is 15.0. The molecule has 0 saturated carbocycles. The maximum Gasteiger partial charge on any atom is 0.182 e. The third-order valence-corrected chi connectivity index (χ3v) is 5.89. The Labute approximate surface area is 135 Å². The highest BCUT2D eigenvalue weighted by Crippen LogP contribution is 2.28. The van der Waals surface area contributed by atoms with E-state index in [2.05, 4.69) is 4.98 Å². The van der Waals surface area contributed by atoms with E-state index in [4.69, 9.17) is 9.47 Å². The van der Waals surface area contributed by atoms with E-state index in [1.165, 1.54) is 11.3 Å². The highest BCUT2D eigenvalue weighted by molar-refractivity contribution is 7.86. The zero-order valence-electron chi connectivity index (χ0n) is 12.2. The van der Waals surface area contributed by atoms with Crippen molar-refractivity contribution in [1.29, 1.82) is 0 Å². The van der Waals surface area contributed by atoms with Crippen LogP contribution in [0.5, 0.6) is 11.5 Å². The van der Waals surface area contributed by atoms with Gasteiger partial charge in [0.05, 0.1) is 41.0 Å². The first-order valence-electron chi connectivity index (χ1n) is 6.65. The molecule has 1 atom stereocenters. The number of hydrogen-bond donors (Lipinski definition) is 0. The molecule has 0 radical (unpaired) electrons. The molecule has 2 aromatic carbocycles. The molecule has 0 fully saturated rings. The van der Waals surface area contributed by atoms with Crippen molar-refractivity contribution in [2.75, 3.05) is 14.2 Å². The van der Waals surface area contributed by atoms with E-state index in [9.17, 15) is 4.21 Å². The van der Waals surface area contributed by atoms with E-state index in [1.54, 1.807) is 20.3 Å². The Balaban J connectivity index is 1.87. The second-order valence-electron chi connectivity index (χ2n) is 4.66. The van der Waals surface area contributed by atoms with Gasteiger partial charge in [0.2, 0.25) is 0 Å². The number of nitrogens with zero attached hydrogens (tertiary/aromatic N) is 1. The number of fused-ring (bicyclic) bond motifs is 1. The van der Waals surface area contributed by atoms with Gasteiger partial charge in [-0.15, -0.1) is 11.3 Å². The van der Waals surface area contributed by atoms with E-state index in [-0.39, 0.29) is 0 Å². The molecule has 0 saturated heterocycles. The fraction of sp³-hybridized carbons (Fsp3) is 0.188. The Morgan fingerprint density at radius 1 is 1.09 bits per heavy atom. The summed E-state index contributed by atoms with van der Waals surface area (Å²) in [6, 6.07) is 13.3. The molecule has 0 aliphatic carbocycles. The summed E-state index contributed by atoms with van der Waals surface area (Å²) in [5.41, 5.74) is 1.79. The van der Waals surface area contributed by atoms with Gasteiger partial charge in [0.15, 0.2) is 4.34 Å². The van der Waals surface area contributed by atoms with Crippen molar-refractivity contribution in [3.8, 4) is 11.5 Å². The topological polar surface area (TPSA) is 48.4 Å². The first-order valence-corrected chi connectivity index (χ1v) is 8.79. The van der Waals surface area contributed by atoms with Gasteiger partial charge in [-0.25, -0.2) is 4.98 Å². The predicted molar refractivity (Wildman–Crippen MR) is 89.3 cm³/mol. The lowest BCUT2D eigenvalue weighted by molar-refractivity contribution is 0.393. The normalized spacial score (nSPS) is 12.3. The molecular weight excluding hydrogens is 318 g/mol. The third-order valence-electron chi connectivity index (χ3n) is 3.18. The van der Waals surface area contributed by atoms with Crippen LogP contribution in [0.25, 0.3) is 10.2 Å². The summed E-state index contributed by atoms with van der Waals surface area (Å²) in [6.45, 7) is 0. The van der Waals surface area contributed by atoms with Gasteiger partial charge in [0.25, 0.3) is 0 Å². The number of hydrogen-bond acceptors (Lipinski definition) is 5. The molecule has 0 N–H and O–H groups in total. The van der Waals surface area contributed by atoms with Crippen molar-refractivity contribution in [3.05, 3.63) is 48.0 Å². The van der Waals surface area contributed by atoms with Crippen LogP contribution >= 0.6 is 11.3 Å².